The van der Waals surface area contributed by atoms with Gasteiger partial charge in [-0.1, -0.05) is 26.0 Å². The van der Waals surface area contributed by atoms with Gasteiger partial charge in [-0.2, -0.15) is 0 Å². The van der Waals surface area contributed by atoms with Gasteiger partial charge in [0.25, 0.3) is 0 Å². The molecule has 0 heterocycles. The van der Waals surface area contributed by atoms with Crippen molar-refractivity contribution in [3.63, 3.8) is 0 Å². The van der Waals surface area contributed by atoms with Crippen LogP contribution in [-0.2, 0) is 16.1 Å². The maximum absolute atomic E-state index is 12.1. The number of ether oxygens (including phenoxy) is 3. The van der Waals surface area contributed by atoms with Crippen molar-refractivity contribution in [2.45, 2.75) is 26.8 Å². The van der Waals surface area contributed by atoms with Gasteiger partial charge in [0.1, 0.15) is 12.4 Å². The highest BCUT2D eigenvalue weighted by atomic mass is 19.4. The molecule has 0 amide bonds. The summed E-state index contributed by atoms with van der Waals surface area (Å²) in [5.41, 5.74) is 1.05. The van der Waals surface area contributed by atoms with Crippen molar-refractivity contribution in [2.24, 2.45) is 5.92 Å². The number of esters is 2. The van der Waals surface area contributed by atoms with Crippen LogP contribution in [0.4, 0.5) is 13.2 Å². The van der Waals surface area contributed by atoms with E-state index in [9.17, 15) is 22.8 Å². The summed E-state index contributed by atoms with van der Waals surface area (Å²) in [5, 5.41) is 0. The molecule has 0 atom stereocenters. The Morgan fingerprint density at radius 2 is 1.36 bits per heavy atom. The van der Waals surface area contributed by atoms with E-state index in [4.69, 9.17) is 9.47 Å². The van der Waals surface area contributed by atoms with Crippen molar-refractivity contribution in [1.82, 2.24) is 0 Å². The lowest BCUT2D eigenvalue weighted by Crippen LogP contribution is -2.17. The zero-order valence-electron chi connectivity index (χ0n) is 15.3. The van der Waals surface area contributed by atoms with Crippen LogP contribution in [0.2, 0.25) is 0 Å². The molecule has 0 fully saturated rings. The number of carbonyl (C=O) groups is 2. The summed E-state index contributed by atoms with van der Waals surface area (Å²) in [7, 11) is 0. The first-order valence-electron chi connectivity index (χ1n) is 8.43. The topological polar surface area (TPSA) is 61.8 Å². The maximum Gasteiger partial charge on any atom is 0.573 e. The number of carbonyl (C=O) groups excluding carboxylic acids is 2. The summed E-state index contributed by atoms with van der Waals surface area (Å²) < 4.78 is 50.3. The van der Waals surface area contributed by atoms with Gasteiger partial charge in [-0.3, -0.25) is 0 Å². The van der Waals surface area contributed by atoms with Crippen LogP contribution < -0.4 is 4.74 Å². The van der Waals surface area contributed by atoms with E-state index in [1.807, 2.05) is 13.8 Å². The molecule has 0 saturated heterocycles. The molecule has 2 aromatic rings. The molecule has 0 aliphatic rings. The molecule has 0 aliphatic carbocycles. The second kappa shape index (κ2) is 9.25. The molecule has 0 spiro atoms. The van der Waals surface area contributed by atoms with E-state index in [0.717, 1.165) is 12.1 Å². The average molecular weight is 396 g/mol. The fourth-order valence-corrected chi connectivity index (χ4v) is 2.09. The largest absolute Gasteiger partial charge is 0.573 e. The summed E-state index contributed by atoms with van der Waals surface area (Å²) in [6.45, 7) is 4.02. The van der Waals surface area contributed by atoms with E-state index in [0.29, 0.717) is 17.7 Å². The van der Waals surface area contributed by atoms with E-state index < -0.39 is 18.3 Å². The highest BCUT2D eigenvalue weighted by molar-refractivity contribution is 5.93. The fourth-order valence-electron chi connectivity index (χ4n) is 2.09. The van der Waals surface area contributed by atoms with E-state index in [2.05, 4.69) is 4.74 Å². The van der Waals surface area contributed by atoms with Crippen LogP contribution in [-0.4, -0.2) is 24.9 Å². The molecule has 0 aromatic heterocycles. The molecule has 2 rings (SSSR count). The quantitative estimate of drug-likeness (QED) is 0.632. The van der Waals surface area contributed by atoms with E-state index in [1.165, 1.54) is 36.4 Å². The number of halogens is 3. The van der Waals surface area contributed by atoms with Crippen LogP contribution in [0.25, 0.3) is 0 Å². The molecule has 150 valence electrons. The smallest absolute Gasteiger partial charge is 0.462 e. The maximum atomic E-state index is 12.1. The van der Waals surface area contributed by atoms with Crippen LogP contribution in [0.3, 0.4) is 0 Å². The van der Waals surface area contributed by atoms with Gasteiger partial charge < -0.3 is 14.2 Å². The van der Waals surface area contributed by atoms with Gasteiger partial charge in [0.15, 0.2) is 0 Å². The highest BCUT2D eigenvalue weighted by Crippen LogP contribution is 2.23. The minimum absolute atomic E-state index is 0.122. The van der Waals surface area contributed by atoms with Gasteiger partial charge in [-0.25, -0.2) is 9.59 Å². The Morgan fingerprint density at radius 1 is 0.857 bits per heavy atom. The number of alkyl halides is 3. The van der Waals surface area contributed by atoms with Gasteiger partial charge in [-0.15, -0.1) is 13.2 Å². The molecule has 8 heteroatoms. The van der Waals surface area contributed by atoms with Crippen LogP contribution in [0.1, 0.15) is 40.1 Å². The molecule has 5 nitrogen and oxygen atoms in total. The Balaban J connectivity index is 1.88. The van der Waals surface area contributed by atoms with E-state index >= 15 is 0 Å². The van der Waals surface area contributed by atoms with Crippen LogP contribution in [0.15, 0.2) is 48.5 Å². The second-order valence-corrected chi connectivity index (χ2v) is 6.34. The lowest BCUT2D eigenvalue weighted by atomic mass is 10.1. The zero-order valence-corrected chi connectivity index (χ0v) is 15.3. The van der Waals surface area contributed by atoms with Gasteiger partial charge in [0.2, 0.25) is 0 Å². The molecular formula is C20H19F3O5. The van der Waals surface area contributed by atoms with Crippen LogP contribution in [0, 0.1) is 5.92 Å². The highest BCUT2D eigenvalue weighted by Gasteiger charge is 2.30. The second-order valence-electron chi connectivity index (χ2n) is 6.34. The lowest BCUT2D eigenvalue weighted by Gasteiger charge is -2.10. The zero-order chi connectivity index (χ0) is 20.7. The molecule has 2 aromatic carbocycles. The van der Waals surface area contributed by atoms with Crippen LogP contribution in [0.5, 0.6) is 5.75 Å². The summed E-state index contributed by atoms with van der Waals surface area (Å²) in [6.07, 6.45) is -4.76. The lowest BCUT2D eigenvalue weighted by molar-refractivity contribution is -0.274. The van der Waals surface area contributed by atoms with Gasteiger partial charge in [0, 0.05) is 0 Å². The molecule has 0 radical (unpaired) electrons. The average Bonchev–Trinajstić information content (AvgIpc) is 2.64. The summed E-state index contributed by atoms with van der Waals surface area (Å²) in [4.78, 5) is 23.9. The van der Waals surface area contributed by atoms with Crippen molar-refractivity contribution in [3.05, 3.63) is 65.2 Å². The molecule has 0 saturated carbocycles. The standard InChI is InChI=1S/C20H19F3O5/c1-13(2)11-26-18(24)15-5-7-16(8-6-15)19(25)27-12-14-3-9-17(10-4-14)28-20(21,22)23/h3-10,13H,11-12H2,1-2H3. The molecule has 0 aliphatic heterocycles. The minimum atomic E-state index is -4.76. The van der Waals surface area contributed by atoms with Crippen molar-refractivity contribution in [2.75, 3.05) is 6.61 Å². The molecular weight excluding hydrogens is 377 g/mol. The Kier molecular flexibility index (Phi) is 7.03. The Morgan fingerprint density at radius 3 is 1.82 bits per heavy atom. The Hall–Kier alpha value is -3.03. The summed E-state index contributed by atoms with van der Waals surface area (Å²) >= 11 is 0. The van der Waals surface area contributed by atoms with Gasteiger partial charge in [-0.05, 0) is 47.9 Å². The number of hydrogen-bond acceptors (Lipinski definition) is 5. The fraction of sp³-hybridized carbons (Fsp3) is 0.300. The van der Waals surface area contributed by atoms with Gasteiger partial charge >= 0.3 is 18.3 Å². The van der Waals surface area contributed by atoms with Crippen molar-refractivity contribution in [1.29, 1.82) is 0 Å². The molecule has 0 N–H and O–H groups in total. The predicted octanol–water partition coefficient (Wildman–Crippen LogP) is 4.76. The monoisotopic (exact) mass is 396 g/mol. The van der Waals surface area contributed by atoms with Crippen molar-refractivity contribution >= 4 is 11.9 Å². The Bertz CT molecular complexity index is 796. The minimum Gasteiger partial charge on any atom is -0.462 e. The Labute approximate surface area is 160 Å². The van der Waals surface area contributed by atoms with Crippen molar-refractivity contribution in [3.8, 4) is 5.75 Å². The first-order valence-corrected chi connectivity index (χ1v) is 8.43. The SMILES string of the molecule is CC(C)COC(=O)c1ccc(C(=O)OCc2ccc(OC(F)(F)F)cc2)cc1. The predicted molar refractivity (Wildman–Crippen MR) is 93.8 cm³/mol. The number of rotatable bonds is 7. The molecule has 0 bridgehead atoms. The van der Waals surface area contributed by atoms with E-state index in [1.54, 1.807) is 0 Å². The third-order valence-corrected chi connectivity index (χ3v) is 3.43. The van der Waals surface area contributed by atoms with Crippen molar-refractivity contribution < 1.29 is 37.0 Å². The third kappa shape index (κ3) is 6.94. The third-order valence-electron chi connectivity index (χ3n) is 3.43. The first kappa shape index (κ1) is 21.3. The van der Waals surface area contributed by atoms with Gasteiger partial charge in [0.05, 0.1) is 17.7 Å². The summed E-state index contributed by atoms with van der Waals surface area (Å²) in [5.74, 6) is -1.25. The van der Waals surface area contributed by atoms with E-state index in [-0.39, 0.29) is 23.8 Å². The molecule has 0 unspecified atom stereocenters. The number of hydrogen-bond donors (Lipinski definition) is 0. The number of benzene rings is 2. The summed E-state index contributed by atoms with van der Waals surface area (Å²) in [6, 6.07) is 10.8. The molecule has 28 heavy (non-hydrogen) atoms. The normalized spacial score (nSPS) is 11.2. The van der Waals surface area contributed by atoms with Crippen LogP contribution >= 0.6 is 0 Å². The first-order chi connectivity index (χ1) is 13.1.